The highest BCUT2D eigenvalue weighted by Crippen LogP contribution is 2.31. The van der Waals surface area contributed by atoms with Gasteiger partial charge < -0.3 is 10.3 Å². The van der Waals surface area contributed by atoms with Crippen LogP contribution in [-0.4, -0.2) is 15.9 Å². The maximum atomic E-state index is 12.7. The molecule has 1 amide bonds. The van der Waals surface area contributed by atoms with Crippen molar-refractivity contribution >= 4 is 16.8 Å². The molecule has 0 aliphatic heterocycles. The summed E-state index contributed by atoms with van der Waals surface area (Å²) in [7, 11) is 0. The monoisotopic (exact) mass is 333 g/mol. The number of amides is 1. The summed E-state index contributed by atoms with van der Waals surface area (Å²) in [5.74, 6) is -0.285. The zero-order chi connectivity index (χ0) is 17.3. The fourth-order valence-corrected chi connectivity index (χ4v) is 2.33. The number of nitrogens with one attached hydrogen (secondary N) is 2. The van der Waals surface area contributed by atoms with Crippen LogP contribution in [0.15, 0.2) is 42.6 Å². The van der Waals surface area contributed by atoms with Gasteiger partial charge in [-0.05, 0) is 42.8 Å². The molecule has 0 radical (unpaired) electrons. The third kappa shape index (κ3) is 3.40. The highest BCUT2D eigenvalue weighted by molar-refractivity contribution is 5.93. The summed E-state index contributed by atoms with van der Waals surface area (Å²) in [6, 6.07) is 9.33. The number of aryl methyl sites for hydroxylation is 1. The van der Waals surface area contributed by atoms with Crippen molar-refractivity contribution in [1.29, 1.82) is 0 Å². The smallest absolute Gasteiger partial charge is 0.351 e. The average molecular weight is 333 g/mol. The molecular formula is C17H14F3N3O. The molecule has 1 aromatic carbocycles. The van der Waals surface area contributed by atoms with Crippen LogP contribution in [0.3, 0.4) is 0 Å². The molecule has 3 rings (SSSR count). The summed E-state index contributed by atoms with van der Waals surface area (Å²) in [5, 5.41) is 3.18. The van der Waals surface area contributed by atoms with E-state index < -0.39 is 11.9 Å². The van der Waals surface area contributed by atoms with E-state index in [0.717, 1.165) is 11.8 Å². The summed E-state index contributed by atoms with van der Waals surface area (Å²) in [6.07, 6.45) is -2.93. The van der Waals surface area contributed by atoms with Crippen LogP contribution >= 0.6 is 0 Å². The Hall–Kier alpha value is -2.83. The SMILES string of the molecule is Cc1ccc(C(=O)NCc2ccc3[nH]c(C(F)(F)F)cc3c2)cn1. The second kappa shape index (κ2) is 5.99. The number of fused-ring (bicyclic) bond motifs is 1. The van der Waals surface area contributed by atoms with Crippen LogP contribution in [0.25, 0.3) is 10.9 Å². The molecule has 0 atom stereocenters. The number of nitrogens with zero attached hydrogens (tertiary/aromatic N) is 1. The molecule has 2 N–H and O–H groups in total. The zero-order valence-corrected chi connectivity index (χ0v) is 12.7. The zero-order valence-electron chi connectivity index (χ0n) is 12.7. The number of pyridine rings is 1. The summed E-state index contributed by atoms with van der Waals surface area (Å²) < 4.78 is 38.1. The largest absolute Gasteiger partial charge is 0.431 e. The summed E-state index contributed by atoms with van der Waals surface area (Å²) in [5.41, 5.74) is 1.57. The van der Waals surface area contributed by atoms with Gasteiger partial charge in [0.05, 0.1) is 5.56 Å². The fourth-order valence-electron chi connectivity index (χ4n) is 2.33. The molecular weight excluding hydrogens is 319 g/mol. The van der Waals surface area contributed by atoms with Gasteiger partial charge in [-0.15, -0.1) is 0 Å². The fraction of sp³-hybridized carbons (Fsp3) is 0.176. The first kappa shape index (κ1) is 16.0. The van der Waals surface area contributed by atoms with E-state index in [1.165, 1.54) is 6.20 Å². The van der Waals surface area contributed by atoms with E-state index >= 15 is 0 Å². The number of benzene rings is 1. The van der Waals surface area contributed by atoms with Gasteiger partial charge >= 0.3 is 6.18 Å². The molecule has 0 bridgehead atoms. The van der Waals surface area contributed by atoms with Gasteiger partial charge in [-0.3, -0.25) is 9.78 Å². The van der Waals surface area contributed by atoms with E-state index in [4.69, 9.17) is 0 Å². The lowest BCUT2D eigenvalue weighted by molar-refractivity contribution is -0.140. The Balaban J connectivity index is 1.73. The number of aromatic nitrogens is 2. The van der Waals surface area contributed by atoms with Crippen LogP contribution in [0.2, 0.25) is 0 Å². The van der Waals surface area contributed by atoms with E-state index in [0.29, 0.717) is 22.0 Å². The first-order valence-electron chi connectivity index (χ1n) is 7.22. The Morgan fingerprint density at radius 1 is 1.21 bits per heavy atom. The Labute approximate surface area is 135 Å². The first-order chi connectivity index (χ1) is 11.3. The van der Waals surface area contributed by atoms with Gasteiger partial charge in [0.2, 0.25) is 0 Å². The molecule has 0 spiro atoms. The third-order valence-corrected chi connectivity index (χ3v) is 3.62. The minimum atomic E-state index is -4.41. The van der Waals surface area contributed by atoms with Crippen LogP contribution in [0.5, 0.6) is 0 Å². The van der Waals surface area contributed by atoms with E-state index in [1.54, 1.807) is 30.3 Å². The van der Waals surface area contributed by atoms with Crippen molar-refractivity contribution in [3.8, 4) is 0 Å². The summed E-state index contributed by atoms with van der Waals surface area (Å²) in [4.78, 5) is 18.4. The van der Waals surface area contributed by atoms with E-state index in [-0.39, 0.29) is 12.5 Å². The van der Waals surface area contributed by atoms with Crippen molar-refractivity contribution in [2.24, 2.45) is 0 Å². The predicted octanol–water partition coefficient (Wildman–Crippen LogP) is 3.82. The van der Waals surface area contributed by atoms with Gasteiger partial charge in [0.25, 0.3) is 5.91 Å². The number of carbonyl (C=O) groups is 1. The molecule has 0 aliphatic carbocycles. The molecule has 0 unspecified atom stereocenters. The normalized spacial score (nSPS) is 11.7. The van der Waals surface area contributed by atoms with Gasteiger partial charge in [0, 0.05) is 29.3 Å². The Bertz CT molecular complexity index is 882. The second-order valence-electron chi connectivity index (χ2n) is 5.47. The molecule has 0 saturated carbocycles. The number of rotatable bonds is 3. The number of hydrogen-bond donors (Lipinski definition) is 2. The van der Waals surface area contributed by atoms with Gasteiger partial charge in [-0.2, -0.15) is 13.2 Å². The Morgan fingerprint density at radius 2 is 2.00 bits per heavy atom. The van der Waals surface area contributed by atoms with Crippen molar-refractivity contribution in [1.82, 2.24) is 15.3 Å². The molecule has 24 heavy (non-hydrogen) atoms. The number of H-pyrrole nitrogens is 1. The summed E-state index contributed by atoms with van der Waals surface area (Å²) >= 11 is 0. The minimum absolute atomic E-state index is 0.217. The molecule has 4 nitrogen and oxygen atoms in total. The van der Waals surface area contributed by atoms with E-state index in [9.17, 15) is 18.0 Å². The lowest BCUT2D eigenvalue weighted by atomic mass is 10.1. The van der Waals surface area contributed by atoms with Crippen LogP contribution in [0.4, 0.5) is 13.2 Å². The lowest BCUT2D eigenvalue weighted by Gasteiger charge is -2.05. The third-order valence-electron chi connectivity index (χ3n) is 3.62. The topological polar surface area (TPSA) is 57.8 Å². The van der Waals surface area contributed by atoms with Crippen LogP contribution in [0, 0.1) is 6.92 Å². The average Bonchev–Trinajstić information content (AvgIpc) is 2.97. The van der Waals surface area contributed by atoms with Crippen LogP contribution in [-0.2, 0) is 12.7 Å². The van der Waals surface area contributed by atoms with Gasteiger partial charge in [-0.1, -0.05) is 6.07 Å². The highest BCUT2D eigenvalue weighted by atomic mass is 19.4. The quantitative estimate of drug-likeness (QED) is 0.765. The van der Waals surface area contributed by atoms with Gasteiger partial charge in [0.1, 0.15) is 5.69 Å². The number of carbonyl (C=O) groups excluding carboxylic acids is 1. The molecule has 3 aromatic rings. The standard InChI is InChI=1S/C17H14F3N3O/c1-10-2-4-12(9-21-10)16(24)22-8-11-3-5-14-13(6-11)7-15(23-14)17(18,19)20/h2-7,9,23H,8H2,1H3,(H,22,24). The number of alkyl halides is 3. The number of halogens is 3. The molecule has 0 saturated heterocycles. The predicted molar refractivity (Wildman–Crippen MR) is 83.4 cm³/mol. The molecule has 2 aromatic heterocycles. The highest BCUT2D eigenvalue weighted by Gasteiger charge is 2.32. The Morgan fingerprint density at radius 3 is 2.67 bits per heavy atom. The van der Waals surface area contributed by atoms with E-state index in [1.807, 2.05) is 6.92 Å². The minimum Gasteiger partial charge on any atom is -0.351 e. The molecule has 0 aliphatic rings. The number of aromatic amines is 1. The van der Waals surface area contributed by atoms with Crippen LogP contribution < -0.4 is 5.32 Å². The van der Waals surface area contributed by atoms with Crippen molar-refractivity contribution < 1.29 is 18.0 Å². The van der Waals surface area contributed by atoms with E-state index in [2.05, 4.69) is 15.3 Å². The molecule has 0 fully saturated rings. The van der Waals surface area contributed by atoms with Crippen molar-refractivity contribution in [3.05, 3.63) is 65.1 Å². The lowest BCUT2D eigenvalue weighted by Crippen LogP contribution is -2.22. The van der Waals surface area contributed by atoms with Gasteiger partial charge in [0.15, 0.2) is 0 Å². The van der Waals surface area contributed by atoms with Crippen molar-refractivity contribution in [3.63, 3.8) is 0 Å². The maximum Gasteiger partial charge on any atom is 0.431 e. The maximum absolute atomic E-state index is 12.7. The Kier molecular flexibility index (Phi) is 4.01. The molecule has 124 valence electrons. The van der Waals surface area contributed by atoms with Crippen LogP contribution in [0.1, 0.15) is 27.3 Å². The molecule has 7 heteroatoms. The first-order valence-corrected chi connectivity index (χ1v) is 7.22. The van der Waals surface area contributed by atoms with Crippen molar-refractivity contribution in [2.45, 2.75) is 19.6 Å². The second-order valence-corrected chi connectivity index (χ2v) is 5.47. The summed E-state index contributed by atoms with van der Waals surface area (Å²) in [6.45, 7) is 2.04. The van der Waals surface area contributed by atoms with Gasteiger partial charge in [-0.25, -0.2) is 0 Å². The number of hydrogen-bond acceptors (Lipinski definition) is 2. The molecule has 2 heterocycles. The van der Waals surface area contributed by atoms with Crippen molar-refractivity contribution in [2.75, 3.05) is 0 Å².